The Morgan fingerprint density at radius 1 is 1.23 bits per heavy atom. The minimum absolute atomic E-state index is 0.0920. The standard InChI is InChI=1S/C17H24N2O2S/c20-15-9-5-4-8-14(15)19-16(21)18-12-17(10-11-17)22-13-6-2-1-3-7-13/h1-3,6-7,14-15,20H,4-5,8-12H2,(H2,18,19,21). The van der Waals surface area contributed by atoms with Gasteiger partial charge in [-0.25, -0.2) is 4.79 Å². The van der Waals surface area contributed by atoms with Crippen molar-refractivity contribution in [3.8, 4) is 0 Å². The molecule has 0 aliphatic heterocycles. The number of nitrogens with one attached hydrogen (secondary N) is 2. The van der Waals surface area contributed by atoms with E-state index in [4.69, 9.17) is 0 Å². The lowest BCUT2D eigenvalue weighted by Gasteiger charge is -2.28. The van der Waals surface area contributed by atoms with E-state index in [9.17, 15) is 9.90 Å². The molecule has 4 nitrogen and oxygen atoms in total. The molecule has 0 spiro atoms. The van der Waals surface area contributed by atoms with Gasteiger partial charge in [-0.3, -0.25) is 0 Å². The number of aliphatic hydroxyl groups is 1. The first kappa shape index (κ1) is 15.7. The van der Waals surface area contributed by atoms with Crippen molar-refractivity contribution in [2.75, 3.05) is 6.54 Å². The molecule has 1 aromatic carbocycles. The van der Waals surface area contributed by atoms with Crippen LogP contribution in [0, 0.1) is 0 Å². The number of benzene rings is 1. The Kier molecular flexibility index (Phi) is 4.93. The maximum atomic E-state index is 12.0. The third kappa shape index (κ3) is 4.17. The number of amides is 2. The molecule has 22 heavy (non-hydrogen) atoms. The molecule has 0 saturated heterocycles. The second-order valence-corrected chi connectivity index (χ2v) is 7.92. The van der Waals surface area contributed by atoms with Crippen LogP contribution in [0.25, 0.3) is 0 Å². The zero-order valence-corrected chi connectivity index (χ0v) is 13.6. The molecule has 3 rings (SSSR count). The number of hydrogen-bond acceptors (Lipinski definition) is 3. The number of rotatable bonds is 5. The van der Waals surface area contributed by atoms with Crippen LogP contribution < -0.4 is 10.6 Å². The monoisotopic (exact) mass is 320 g/mol. The normalized spacial score (nSPS) is 26.2. The van der Waals surface area contributed by atoms with E-state index in [0.29, 0.717) is 6.54 Å². The molecular formula is C17H24N2O2S. The summed E-state index contributed by atoms with van der Waals surface area (Å²) in [6.07, 6.45) is 5.68. The number of carbonyl (C=O) groups excluding carboxylic acids is 1. The van der Waals surface area contributed by atoms with Crippen molar-refractivity contribution in [2.24, 2.45) is 0 Å². The van der Waals surface area contributed by atoms with Crippen LogP contribution in [0.2, 0.25) is 0 Å². The zero-order chi connectivity index (χ0) is 15.4. The third-order valence-corrected chi connectivity index (χ3v) is 6.00. The van der Waals surface area contributed by atoms with Crippen molar-refractivity contribution in [3.63, 3.8) is 0 Å². The van der Waals surface area contributed by atoms with Crippen LogP contribution in [0.4, 0.5) is 4.79 Å². The van der Waals surface area contributed by atoms with Crippen LogP contribution in [0.15, 0.2) is 35.2 Å². The number of aliphatic hydroxyl groups excluding tert-OH is 1. The van der Waals surface area contributed by atoms with E-state index in [1.807, 2.05) is 30.0 Å². The van der Waals surface area contributed by atoms with Gasteiger partial charge < -0.3 is 15.7 Å². The van der Waals surface area contributed by atoms with Crippen molar-refractivity contribution in [1.29, 1.82) is 0 Å². The number of hydrogen-bond donors (Lipinski definition) is 3. The number of urea groups is 1. The van der Waals surface area contributed by atoms with Gasteiger partial charge in [-0.05, 0) is 37.8 Å². The van der Waals surface area contributed by atoms with Crippen LogP contribution >= 0.6 is 11.8 Å². The van der Waals surface area contributed by atoms with Gasteiger partial charge in [0.25, 0.3) is 0 Å². The summed E-state index contributed by atoms with van der Waals surface area (Å²) in [5.74, 6) is 0. The van der Waals surface area contributed by atoms with Crippen molar-refractivity contribution >= 4 is 17.8 Å². The molecular weight excluding hydrogens is 296 g/mol. The van der Waals surface area contributed by atoms with E-state index >= 15 is 0 Å². The molecule has 2 atom stereocenters. The van der Waals surface area contributed by atoms with Crippen LogP contribution in [-0.4, -0.2) is 34.6 Å². The largest absolute Gasteiger partial charge is 0.391 e. The molecule has 2 aliphatic carbocycles. The smallest absolute Gasteiger partial charge is 0.315 e. The summed E-state index contributed by atoms with van der Waals surface area (Å²) in [4.78, 5) is 13.3. The summed E-state index contributed by atoms with van der Waals surface area (Å²) >= 11 is 1.85. The van der Waals surface area contributed by atoms with E-state index in [-0.39, 0.29) is 16.8 Å². The Labute approximate surface area is 136 Å². The summed E-state index contributed by atoms with van der Waals surface area (Å²) in [6, 6.07) is 10.1. The Balaban J connectivity index is 1.44. The van der Waals surface area contributed by atoms with Crippen LogP contribution in [0.1, 0.15) is 38.5 Å². The molecule has 2 amide bonds. The lowest BCUT2D eigenvalue weighted by Crippen LogP contribution is -2.50. The molecule has 120 valence electrons. The highest BCUT2D eigenvalue weighted by Gasteiger charge is 2.44. The summed E-state index contributed by atoms with van der Waals surface area (Å²) in [5, 5.41) is 15.8. The SMILES string of the molecule is O=C(NCC1(Sc2ccccc2)CC1)NC1CCCCC1O. The minimum atomic E-state index is -0.395. The maximum absolute atomic E-state index is 12.0. The Morgan fingerprint density at radius 3 is 2.64 bits per heavy atom. The first-order chi connectivity index (χ1) is 10.7. The van der Waals surface area contributed by atoms with E-state index < -0.39 is 6.10 Å². The Hall–Kier alpha value is -1.20. The molecule has 2 aliphatic rings. The average molecular weight is 320 g/mol. The number of thioether (sulfide) groups is 1. The third-order valence-electron chi connectivity index (χ3n) is 4.50. The van der Waals surface area contributed by atoms with Gasteiger partial charge in [-0.1, -0.05) is 31.0 Å². The van der Waals surface area contributed by atoms with E-state index in [2.05, 4.69) is 22.8 Å². The Morgan fingerprint density at radius 2 is 1.95 bits per heavy atom. The highest BCUT2D eigenvalue weighted by atomic mass is 32.2. The van der Waals surface area contributed by atoms with Gasteiger partial charge >= 0.3 is 6.03 Å². The lowest BCUT2D eigenvalue weighted by atomic mass is 9.93. The molecule has 2 saturated carbocycles. The summed E-state index contributed by atoms with van der Waals surface area (Å²) in [6.45, 7) is 0.682. The van der Waals surface area contributed by atoms with E-state index in [1.54, 1.807) is 0 Å². The van der Waals surface area contributed by atoms with Gasteiger partial charge in [0.1, 0.15) is 0 Å². The van der Waals surface area contributed by atoms with Crippen LogP contribution in [0.5, 0.6) is 0 Å². The molecule has 0 heterocycles. The van der Waals surface area contributed by atoms with Crippen molar-refractivity contribution < 1.29 is 9.90 Å². The molecule has 0 aromatic heterocycles. The maximum Gasteiger partial charge on any atom is 0.315 e. The average Bonchev–Trinajstić information content (AvgIpc) is 3.29. The zero-order valence-electron chi connectivity index (χ0n) is 12.8. The quantitative estimate of drug-likeness (QED) is 0.782. The van der Waals surface area contributed by atoms with Crippen LogP contribution in [0.3, 0.4) is 0 Å². The first-order valence-corrected chi connectivity index (χ1v) is 8.95. The van der Waals surface area contributed by atoms with Gasteiger partial charge in [0.15, 0.2) is 0 Å². The lowest BCUT2D eigenvalue weighted by molar-refractivity contribution is 0.0943. The molecule has 0 radical (unpaired) electrons. The van der Waals surface area contributed by atoms with Gasteiger partial charge in [0.2, 0.25) is 0 Å². The minimum Gasteiger partial charge on any atom is -0.391 e. The highest BCUT2D eigenvalue weighted by Crippen LogP contribution is 2.51. The van der Waals surface area contributed by atoms with E-state index in [1.165, 1.54) is 4.90 Å². The summed E-state index contributed by atoms with van der Waals surface area (Å²) < 4.78 is 0.157. The fraction of sp³-hybridized carbons (Fsp3) is 0.588. The van der Waals surface area contributed by atoms with Crippen molar-refractivity contribution in [3.05, 3.63) is 30.3 Å². The number of carbonyl (C=O) groups is 1. The molecule has 2 fully saturated rings. The predicted molar refractivity (Wildman–Crippen MR) is 89.1 cm³/mol. The van der Waals surface area contributed by atoms with Gasteiger partial charge in [-0.2, -0.15) is 0 Å². The first-order valence-electron chi connectivity index (χ1n) is 8.13. The van der Waals surface area contributed by atoms with Crippen molar-refractivity contribution in [2.45, 2.75) is 60.3 Å². The van der Waals surface area contributed by atoms with Gasteiger partial charge in [0, 0.05) is 16.2 Å². The van der Waals surface area contributed by atoms with E-state index in [0.717, 1.165) is 38.5 Å². The second-order valence-electron chi connectivity index (χ2n) is 6.38. The summed E-state index contributed by atoms with van der Waals surface area (Å²) in [5.41, 5.74) is 0. The second kappa shape index (κ2) is 6.92. The molecule has 3 N–H and O–H groups in total. The van der Waals surface area contributed by atoms with Crippen LogP contribution in [-0.2, 0) is 0 Å². The topological polar surface area (TPSA) is 61.4 Å². The fourth-order valence-corrected chi connectivity index (χ4v) is 4.18. The molecule has 0 bridgehead atoms. The summed E-state index contributed by atoms with van der Waals surface area (Å²) in [7, 11) is 0. The van der Waals surface area contributed by atoms with Gasteiger partial charge in [-0.15, -0.1) is 11.8 Å². The molecule has 5 heteroatoms. The Bertz CT molecular complexity index is 505. The molecule has 2 unspecified atom stereocenters. The van der Waals surface area contributed by atoms with Gasteiger partial charge in [0.05, 0.1) is 12.1 Å². The highest BCUT2D eigenvalue weighted by molar-refractivity contribution is 8.01. The molecule has 1 aromatic rings. The van der Waals surface area contributed by atoms with Crippen molar-refractivity contribution in [1.82, 2.24) is 10.6 Å². The predicted octanol–water partition coefficient (Wildman–Crippen LogP) is 2.91. The fourth-order valence-electron chi connectivity index (χ4n) is 2.93.